The summed E-state index contributed by atoms with van der Waals surface area (Å²) in [4.78, 5) is 34.7. The number of rotatable bonds is 7. The first-order valence-corrected chi connectivity index (χ1v) is 7.74. The van der Waals surface area contributed by atoms with E-state index >= 15 is 0 Å². The molecule has 2 aromatic rings. The quantitative estimate of drug-likeness (QED) is 0.467. The maximum Gasteiger partial charge on any atom is 0.337 e. The van der Waals surface area contributed by atoms with E-state index in [0.717, 1.165) is 5.56 Å². The van der Waals surface area contributed by atoms with Crippen LogP contribution in [-0.2, 0) is 16.0 Å². The van der Waals surface area contributed by atoms with Gasteiger partial charge in [0.15, 0.2) is 5.78 Å². The highest BCUT2D eigenvalue weighted by molar-refractivity contribution is 6.07. The lowest BCUT2D eigenvalue weighted by atomic mass is 10.0. The molecule has 2 aromatic carbocycles. The Morgan fingerprint density at radius 3 is 2.23 bits per heavy atom. The number of hydrogen-bond acceptors (Lipinski definition) is 5. The minimum atomic E-state index is -1.01. The fourth-order valence-electron chi connectivity index (χ4n) is 2.35. The van der Waals surface area contributed by atoms with Gasteiger partial charge in [0.1, 0.15) is 5.75 Å². The van der Waals surface area contributed by atoms with Gasteiger partial charge in [0.2, 0.25) is 0 Å². The van der Waals surface area contributed by atoms with Crippen LogP contribution < -0.4 is 4.74 Å². The first-order chi connectivity index (χ1) is 12.4. The van der Waals surface area contributed by atoms with E-state index in [1.807, 2.05) is 0 Å². The van der Waals surface area contributed by atoms with E-state index in [0.29, 0.717) is 22.4 Å². The lowest BCUT2D eigenvalue weighted by Gasteiger charge is -2.08. The first-order valence-electron chi connectivity index (χ1n) is 7.74. The topological polar surface area (TPSA) is 89.9 Å². The van der Waals surface area contributed by atoms with Gasteiger partial charge in [-0.25, -0.2) is 4.79 Å². The van der Waals surface area contributed by atoms with Crippen molar-refractivity contribution in [2.75, 3.05) is 14.2 Å². The van der Waals surface area contributed by atoms with Crippen LogP contribution in [0.4, 0.5) is 0 Å². The van der Waals surface area contributed by atoms with Crippen molar-refractivity contribution in [2.45, 2.75) is 6.42 Å². The van der Waals surface area contributed by atoms with Crippen LogP contribution in [0.25, 0.3) is 6.08 Å². The molecule has 6 nitrogen and oxygen atoms in total. The summed E-state index contributed by atoms with van der Waals surface area (Å²) in [5.74, 6) is -1.28. The highest BCUT2D eigenvalue weighted by Crippen LogP contribution is 2.21. The fourth-order valence-corrected chi connectivity index (χ4v) is 2.35. The molecule has 0 aliphatic carbocycles. The molecule has 6 heteroatoms. The maximum atomic E-state index is 12.3. The lowest BCUT2D eigenvalue weighted by Crippen LogP contribution is -2.04. The molecule has 0 unspecified atom stereocenters. The van der Waals surface area contributed by atoms with Crippen molar-refractivity contribution in [2.24, 2.45) is 0 Å². The van der Waals surface area contributed by atoms with Crippen molar-refractivity contribution < 1.29 is 29.0 Å². The zero-order valence-electron chi connectivity index (χ0n) is 14.4. The van der Waals surface area contributed by atoms with E-state index in [9.17, 15) is 14.4 Å². The molecular formula is C20H18O6. The summed E-state index contributed by atoms with van der Waals surface area (Å²) in [5, 5.41) is 8.96. The Morgan fingerprint density at radius 2 is 1.65 bits per heavy atom. The monoisotopic (exact) mass is 354 g/mol. The molecule has 0 saturated carbocycles. The van der Waals surface area contributed by atoms with Crippen LogP contribution >= 0.6 is 0 Å². The van der Waals surface area contributed by atoms with Crippen molar-refractivity contribution in [1.82, 2.24) is 0 Å². The van der Waals surface area contributed by atoms with E-state index in [1.165, 1.54) is 26.4 Å². The number of benzene rings is 2. The van der Waals surface area contributed by atoms with E-state index in [4.69, 9.17) is 9.84 Å². The van der Waals surface area contributed by atoms with E-state index < -0.39 is 11.9 Å². The smallest absolute Gasteiger partial charge is 0.337 e. The molecule has 0 saturated heterocycles. The SMILES string of the molecule is COC(=O)c1ccc(/C=C/C(=O)c2ccc(OC)c(CC(=O)O)c2)cc1. The summed E-state index contributed by atoms with van der Waals surface area (Å²) in [6, 6.07) is 11.3. The van der Waals surface area contributed by atoms with Crippen LogP contribution in [-0.4, -0.2) is 37.0 Å². The number of methoxy groups -OCH3 is 2. The molecule has 1 N–H and O–H groups in total. The molecular weight excluding hydrogens is 336 g/mol. The van der Waals surface area contributed by atoms with Gasteiger partial charge in [0.25, 0.3) is 0 Å². The summed E-state index contributed by atoms with van der Waals surface area (Å²) in [6.07, 6.45) is 2.77. The number of carboxylic acids is 1. The standard InChI is InChI=1S/C20H18O6/c1-25-18-10-8-15(11-16(18)12-19(22)23)17(21)9-5-13-3-6-14(7-4-13)20(24)26-2/h3-11H,12H2,1-2H3,(H,22,23)/b9-5+. The molecule has 2 rings (SSSR count). The molecule has 0 amide bonds. The molecule has 0 bridgehead atoms. The van der Waals surface area contributed by atoms with Gasteiger partial charge in [-0.1, -0.05) is 18.2 Å². The zero-order valence-corrected chi connectivity index (χ0v) is 14.4. The second-order valence-electron chi connectivity index (χ2n) is 5.41. The van der Waals surface area contributed by atoms with Crippen molar-refractivity contribution in [1.29, 1.82) is 0 Å². The largest absolute Gasteiger partial charge is 0.496 e. The lowest BCUT2D eigenvalue weighted by molar-refractivity contribution is -0.136. The summed E-state index contributed by atoms with van der Waals surface area (Å²) >= 11 is 0. The molecule has 0 aliphatic rings. The molecule has 0 fully saturated rings. The summed E-state index contributed by atoms with van der Waals surface area (Å²) in [7, 11) is 2.75. The van der Waals surface area contributed by atoms with E-state index in [1.54, 1.807) is 42.5 Å². The third-order valence-electron chi connectivity index (χ3n) is 3.67. The predicted molar refractivity (Wildman–Crippen MR) is 95.5 cm³/mol. The first kappa shape index (κ1) is 18.9. The van der Waals surface area contributed by atoms with Crippen molar-refractivity contribution in [3.63, 3.8) is 0 Å². The Kier molecular flexibility index (Phi) is 6.27. The summed E-state index contributed by atoms with van der Waals surface area (Å²) < 4.78 is 9.75. The van der Waals surface area contributed by atoms with Gasteiger partial charge in [-0.2, -0.15) is 0 Å². The molecule has 0 atom stereocenters. The average Bonchev–Trinajstić information content (AvgIpc) is 2.65. The number of esters is 1. The number of carbonyl (C=O) groups is 3. The third kappa shape index (κ3) is 4.80. The molecule has 26 heavy (non-hydrogen) atoms. The Labute approximate surface area is 150 Å². The zero-order chi connectivity index (χ0) is 19.1. The number of allylic oxidation sites excluding steroid dienone is 1. The number of ether oxygens (including phenoxy) is 2. The van der Waals surface area contributed by atoms with E-state index in [2.05, 4.69) is 4.74 Å². The minimum absolute atomic E-state index is 0.233. The van der Waals surface area contributed by atoms with Gasteiger partial charge in [-0.05, 0) is 42.0 Å². The van der Waals surface area contributed by atoms with Crippen molar-refractivity contribution in [3.8, 4) is 5.75 Å². The molecule has 0 radical (unpaired) electrons. The second-order valence-corrected chi connectivity index (χ2v) is 5.41. The molecule has 134 valence electrons. The number of aliphatic carboxylic acids is 1. The summed E-state index contributed by atoms with van der Waals surface area (Å²) in [6.45, 7) is 0. The maximum absolute atomic E-state index is 12.3. The average molecular weight is 354 g/mol. The van der Waals surface area contributed by atoms with Gasteiger partial charge in [0.05, 0.1) is 26.2 Å². The second kappa shape index (κ2) is 8.62. The highest BCUT2D eigenvalue weighted by Gasteiger charge is 2.11. The third-order valence-corrected chi connectivity index (χ3v) is 3.67. The Bertz CT molecular complexity index is 849. The normalized spacial score (nSPS) is 10.5. The number of ketones is 1. The van der Waals surface area contributed by atoms with Gasteiger partial charge >= 0.3 is 11.9 Å². The van der Waals surface area contributed by atoms with Crippen LogP contribution in [0.1, 0.15) is 31.8 Å². The molecule has 0 heterocycles. The van der Waals surface area contributed by atoms with E-state index in [-0.39, 0.29) is 12.2 Å². The van der Waals surface area contributed by atoms with Crippen LogP contribution in [0.2, 0.25) is 0 Å². The molecule has 0 aromatic heterocycles. The Balaban J connectivity index is 2.17. The number of carbonyl (C=O) groups excluding carboxylic acids is 2. The fraction of sp³-hybridized carbons (Fsp3) is 0.150. The minimum Gasteiger partial charge on any atom is -0.496 e. The van der Waals surface area contributed by atoms with Gasteiger partial charge in [-0.3, -0.25) is 9.59 Å². The van der Waals surface area contributed by atoms with Crippen molar-refractivity contribution in [3.05, 3.63) is 70.8 Å². The molecule has 0 spiro atoms. The van der Waals surface area contributed by atoms with Crippen molar-refractivity contribution >= 4 is 23.8 Å². The van der Waals surface area contributed by atoms with Crippen LogP contribution in [0.15, 0.2) is 48.5 Å². The van der Waals surface area contributed by atoms with Crippen LogP contribution in [0.3, 0.4) is 0 Å². The predicted octanol–water partition coefficient (Wildman–Crippen LogP) is 3.01. The Morgan fingerprint density at radius 1 is 1.00 bits per heavy atom. The van der Waals surface area contributed by atoms with Gasteiger partial charge < -0.3 is 14.6 Å². The number of carboxylic acid groups (broad SMARTS) is 1. The van der Waals surface area contributed by atoms with Gasteiger partial charge in [0, 0.05) is 11.1 Å². The van der Waals surface area contributed by atoms with Gasteiger partial charge in [-0.15, -0.1) is 0 Å². The Hall–Kier alpha value is -3.41. The van der Waals surface area contributed by atoms with Crippen LogP contribution in [0.5, 0.6) is 5.75 Å². The van der Waals surface area contributed by atoms with Crippen LogP contribution in [0, 0.1) is 0 Å². The summed E-state index contributed by atoms with van der Waals surface area (Å²) in [5.41, 5.74) is 1.96. The highest BCUT2D eigenvalue weighted by atomic mass is 16.5. The molecule has 0 aliphatic heterocycles. The number of hydrogen-bond donors (Lipinski definition) is 1.